The van der Waals surface area contributed by atoms with Crippen LogP contribution in [0, 0.1) is 0 Å². The Labute approximate surface area is 199 Å². The fraction of sp³-hybridized carbons (Fsp3) is 0.172. The van der Waals surface area contributed by atoms with Gasteiger partial charge in [0.1, 0.15) is 12.4 Å². The van der Waals surface area contributed by atoms with Crippen LogP contribution < -0.4 is 4.74 Å². The summed E-state index contributed by atoms with van der Waals surface area (Å²) in [5.74, 6) is -0.102. The quantitative estimate of drug-likeness (QED) is 0.397. The Balaban J connectivity index is 1.49. The molecule has 34 heavy (non-hydrogen) atoms. The van der Waals surface area contributed by atoms with Gasteiger partial charge in [-0.25, -0.2) is 9.78 Å². The van der Waals surface area contributed by atoms with Gasteiger partial charge in [0.05, 0.1) is 16.8 Å². The highest BCUT2D eigenvalue weighted by atomic mass is 16.5. The van der Waals surface area contributed by atoms with E-state index in [0.717, 1.165) is 46.8 Å². The third-order valence-electron chi connectivity index (χ3n) is 6.20. The van der Waals surface area contributed by atoms with Gasteiger partial charge in [0.2, 0.25) is 0 Å². The van der Waals surface area contributed by atoms with E-state index in [1.165, 1.54) is 0 Å². The van der Waals surface area contributed by atoms with E-state index >= 15 is 0 Å². The van der Waals surface area contributed by atoms with Gasteiger partial charge >= 0.3 is 5.97 Å². The van der Waals surface area contributed by atoms with Crippen LogP contribution in [-0.4, -0.2) is 34.0 Å². The number of carbonyl (C=O) groups is 1. The normalized spacial score (nSPS) is 14.8. The summed E-state index contributed by atoms with van der Waals surface area (Å²) in [4.78, 5) is 19.4. The lowest BCUT2D eigenvalue weighted by atomic mass is 9.92. The van der Waals surface area contributed by atoms with Gasteiger partial charge in [-0.2, -0.15) is 0 Å². The molecule has 0 atom stereocenters. The molecule has 3 aromatic carbocycles. The number of rotatable bonds is 6. The van der Waals surface area contributed by atoms with Crippen molar-refractivity contribution in [1.29, 1.82) is 0 Å². The number of hydrogen-bond acceptors (Lipinski definition) is 4. The molecule has 0 aliphatic carbocycles. The topological polar surface area (TPSA) is 62.7 Å². The molecule has 1 aliphatic heterocycles. The van der Waals surface area contributed by atoms with Gasteiger partial charge in [0.25, 0.3) is 0 Å². The van der Waals surface area contributed by atoms with E-state index in [0.29, 0.717) is 29.6 Å². The first-order chi connectivity index (χ1) is 16.6. The minimum absolute atomic E-state index is 0.356. The first-order valence-corrected chi connectivity index (χ1v) is 11.5. The zero-order chi connectivity index (χ0) is 23.5. The molecule has 5 rings (SSSR count). The summed E-state index contributed by atoms with van der Waals surface area (Å²) in [7, 11) is 0. The second-order valence-electron chi connectivity index (χ2n) is 8.45. The van der Waals surface area contributed by atoms with Crippen molar-refractivity contribution in [2.45, 2.75) is 20.1 Å². The van der Waals surface area contributed by atoms with E-state index in [4.69, 9.17) is 9.72 Å². The molecule has 0 spiro atoms. The summed E-state index contributed by atoms with van der Waals surface area (Å²) in [6, 6.07) is 25.5. The Bertz CT molecular complexity index is 1360. The third-order valence-corrected chi connectivity index (χ3v) is 6.20. The lowest BCUT2D eigenvalue weighted by Gasteiger charge is -2.30. The van der Waals surface area contributed by atoms with Crippen LogP contribution in [0.1, 0.15) is 39.7 Å². The molecular weight excluding hydrogens is 424 g/mol. The number of ether oxygens (including phenoxy) is 1. The van der Waals surface area contributed by atoms with Crippen molar-refractivity contribution in [3.63, 3.8) is 0 Å². The zero-order valence-corrected chi connectivity index (χ0v) is 19.1. The number of hydrogen-bond donors (Lipinski definition) is 1. The number of likely N-dealkylation sites (N-methyl/N-ethyl adjacent to an activating group) is 1. The molecule has 0 amide bonds. The molecule has 1 aromatic heterocycles. The molecule has 0 fully saturated rings. The summed E-state index contributed by atoms with van der Waals surface area (Å²) in [6.07, 6.45) is 2.11. The summed E-state index contributed by atoms with van der Waals surface area (Å²) in [5.41, 5.74) is 5.80. The first kappa shape index (κ1) is 21.9. The number of carboxylic acid groups (broad SMARTS) is 1. The van der Waals surface area contributed by atoms with Crippen molar-refractivity contribution in [1.82, 2.24) is 9.88 Å². The van der Waals surface area contributed by atoms with Crippen molar-refractivity contribution >= 4 is 28.5 Å². The number of nitrogens with zero attached hydrogens (tertiary/aromatic N) is 2. The fourth-order valence-corrected chi connectivity index (χ4v) is 4.45. The molecule has 1 aliphatic rings. The smallest absolute Gasteiger partial charge is 0.336 e. The lowest BCUT2D eigenvalue weighted by Crippen LogP contribution is -2.31. The van der Waals surface area contributed by atoms with Gasteiger partial charge in [-0.3, -0.25) is 4.90 Å². The molecule has 0 radical (unpaired) electrons. The van der Waals surface area contributed by atoms with Crippen LogP contribution in [0.2, 0.25) is 0 Å². The molecule has 5 heteroatoms. The van der Waals surface area contributed by atoms with Gasteiger partial charge in [0.15, 0.2) is 0 Å². The number of aromatic carboxylic acids is 1. The zero-order valence-electron chi connectivity index (χ0n) is 19.1. The predicted octanol–water partition coefficient (Wildman–Crippen LogP) is 5.89. The van der Waals surface area contributed by atoms with Crippen LogP contribution in [0.15, 0.2) is 78.9 Å². The molecular formula is C29H26N2O3. The monoisotopic (exact) mass is 450 g/mol. The van der Waals surface area contributed by atoms with Crippen molar-refractivity contribution in [3.8, 4) is 5.75 Å². The van der Waals surface area contributed by atoms with Gasteiger partial charge in [-0.15, -0.1) is 0 Å². The number of aromatic nitrogens is 1. The largest absolute Gasteiger partial charge is 0.489 e. The minimum Gasteiger partial charge on any atom is -0.489 e. The molecule has 170 valence electrons. The third kappa shape index (κ3) is 4.43. The second-order valence-corrected chi connectivity index (χ2v) is 8.45. The van der Waals surface area contributed by atoms with Gasteiger partial charge in [-0.1, -0.05) is 67.6 Å². The molecule has 0 saturated carbocycles. The molecule has 5 nitrogen and oxygen atoms in total. The number of pyridine rings is 1. The second kappa shape index (κ2) is 9.49. The summed E-state index contributed by atoms with van der Waals surface area (Å²) >= 11 is 0. The Hall–Kier alpha value is -3.96. The maximum atomic E-state index is 12.3. The fourth-order valence-electron chi connectivity index (χ4n) is 4.45. The molecule has 4 aromatic rings. The summed E-state index contributed by atoms with van der Waals surface area (Å²) < 4.78 is 5.91. The number of carboxylic acids is 1. The highest BCUT2D eigenvalue weighted by molar-refractivity contribution is 6.06. The van der Waals surface area contributed by atoms with E-state index in [2.05, 4.69) is 17.9 Å². The van der Waals surface area contributed by atoms with Crippen LogP contribution in [-0.2, 0) is 13.2 Å². The van der Waals surface area contributed by atoms with Crippen molar-refractivity contribution in [3.05, 3.63) is 107 Å². The van der Waals surface area contributed by atoms with Crippen LogP contribution in [0.4, 0.5) is 0 Å². The Kier molecular flexibility index (Phi) is 6.11. The van der Waals surface area contributed by atoms with Crippen LogP contribution in [0.25, 0.3) is 22.6 Å². The average molecular weight is 451 g/mol. The summed E-state index contributed by atoms with van der Waals surface area (Å²) in [5, 5.41) is 10.7. The molecule has 2 heterocycles. The highest BCUT2D eigenvalue weighted by Crippen LogP contribution is 2.34. The summed E-state index contributed by atoms with van der Waals surface area (Å²) in [6.45, 7) is 4.75. The van der Waals surface area contributed by atoms with Gasteiger partial charge in [-0.05, 0) is 47.5 Å². The minimum atomic E-state index is -0.910. The predicted molar refractivity (Wildman–Crippen MR) is 135 cm³/mol. The highest BCUT2D eigenvalue weighted by Gasteiger charge is 2.27. The maximum Gasteiger partial charge on any atom is 0.336 e. The molecule has 0 unspecified atom stereocenters. The Morgan fingerprint density at radius 1 is 1.00 bits per heavy atom. The number of benzene rings is 3. The van der Waals surface area contributed by atoms with E-state index in [-0.39, 0.29) is 0 Å². The van der Waals surface area contributed by atoms with E-state index in [1.54, 1.807) is 0 Å². The van der Waals surface area contributed by atoms with E-state index in [1.807, 2.05) is 78.9 Å². The Morgan fingerprint density at radius 2 is 1.74 bits per heavy atom. The molecule has 0 bridgehead atoms. The standard InChI is InChI=1S/C29H26N2O3/c1-2-31-17-22(16-20-12-14-23(15-13-20)34-19-21-8-4-3-5-9-21)28-25(18-31)27(29(32)33)24-10-6-7-11-26(24)30-28/h3-16H,2,17-19H2,1H3,(H,32,33). The van der Waals surface area contributed by atoms with E-state index < -0.39 is 5.97 Å². The molecule has 0 saturated heterocycles. The Morgan fingerprint density at radius 3 is 2.47 bits per heavy atom. The van der Waals surface area contributed by atoms with E-state index in [9.17, 15) is 9.90 Å². The van der Waals surface area contributed by atoms with Gasteiger partial charge < -0.3 is 9.84 Å². The first-order valence-electron chi connectivity index (χ1n) is 11.5. The van der Waals surface area contributed by atoms with Crippen molar-refractivity contribution < 1.29 is 14.6 Å². The van der Waals surface area contributed by atoms with Crippen molar-refractivity contribution in [2.24, 2.45) is 0 Å². The average Bonchev–Trinajstić information content (AvgIpc) is 2.87. The van der Waals surface area contributed by atoms with Crippen LogP contribution in [0.5, 0.6) is 5.75 Å². The van der Waals surface area contributed by atoms with Crippen LogP contribution >= 0.6 is 0 Å². The SMILES string of the molecule is CCN1CC(=Cc2ccc(OCc3ccccc3)cc2)c2nc3ccccc3c(C(=O)O)c2C1. The molecule has 1 N–H and O–H groups in total. The van der Waals surface area contributed by atoms with Crippen molar-refractivity contribution in [2.75, 3.05) is 13.1 Å². The van der Waals surface area contributed by atoms with Crippen LogP contribution in [0.3, 0.4) is 0 Å². The lowest BCUT2D eigenvalue weighted by molar-refractivity contribution is 0.0696. The number of para-hydroxylation sites is 1. The number of fused-ring (bicyclic) bond motifs is 2. The maximum absolute atomic E-state index is 12.3. The van der Waals surface area contributed by atoms with Gasteiger partial charge in [0, 0.05) is 24.0 Å².